The highest BCUT2D eigenvalue weighted by atomic mass is 35.5. The molecule has 4 bridgehead atoms. The number of methoxy groups -OCH3 is 6. The number of carbonyl (C=O) groups is 4. The minimum absolute atomic E-state index is 0.0491. The maximum Gasteiger partial charge on any atom is 0.377 e. The van der Waals surface area contributed by atoms with Crippen LogP contribution in [-0.2, 0) is 54.0 Å². The summed E-state index contributed by atoms with van der Waals surface area (Å²) in [6.45, 7) is 9.58. The van der Waals surface area contributed by atoms with Gasteiger partial charge in [-0.05, 0) is 220 Å². The van der Waals surface area contributed by atoms with E-state index in [-0.39, 0.29) is 88.9 Å². The van der Waals surface area contributed by atoms with Crippen molar-refractivity contribution in [3.05, 3.63) is 247 Å². The number of carbonyl (C=O) groups excluding carboxylic acids is 2. The van der Waals surface area contributed by atoms with E-state index in [9.17, 15) is 24.3 Å². The molecule has 1 unspecified atom stereocenters. The molecular formula is C90H101Cl3N6O18. The van der Waals surface area contributed by atoms with Gasteiger partial charge in [0.15, 0.2) is 46.0 Å². The van der Waals surface area contributed by atoms with E-state index in [2.05, 4.69) is 30.8 Å². The molecule has 0 spiro atoms. The van der Waals surface area contributed by atoms with Crippen LogP contribution in [0.1, 0.15) is 87.0 Å². The summed E-state index contributed by atoms with van der Waals surface area (Å²) in [4.78, 5) is 62.0. The van der Waals surface area contributed by atoms with Gasteiger partial charge < -0.3 is 87.9 Å². The molecule has 1 atom stereocenters. The van der Waals surface area contributed by atoms with Crippen LogP contribution < -0.4 is 67.9 Å². The van der Waals surface area contributed by atoms with Gasteiger partial charge in [0.05, 0.1) is 63.3 Å². The summed E-state index contributed by atoms with van der Waals surface area (Å²) in [5.74, 6) is 2.77. The zero-order chi connectivity index (χ0) is 83.8. The van der Waals surface area contributed by atoms with Crippen molar-refractivity contribution in [2.45, 2.75) is 77.8 Å². The fourth-order valence-corrected chi connectivity index (χ4v) is 14.3. The minimum atomic E-state index is -1.61. The van der Waals surface area contributed by atoms with E-state index in [1.807, 2.05) is 133 Å². The molecule has 0 aromatic heterocycles. The summed E-state index contributed by atoms with van der Waals surface area (Å²) in [5, 5.41) is 22.4. The molecule has 0 saturated carbocycles. The Balaban J connectivity index is 0.000000189. The Morgan fingerprint density at radius 1 is 0.376 bits per heavy atom. The molecule has 117 heavy (non-hydrogen) atoms. The van der Waals surface area contributed by atoms with Gasteiger partial charge in [-0.1, -0.05) is 108 Å². The van der Waals surface area contributed by atoms with Gasteiger partial charge in [-0.15, -0.1) is 0 Å². The van der Waals surface area contributed by atoms with E-state index >= 15 is 0 Å². The van der Waals surface area contributed by atoms with Crippen molar-refractivity contribution in [1.29, 1.82) is 0 Å². The van der Waals surface area contributed by atoms with E-state index in [1.54, 1.807) is 86.1 Å². The number of hydrogen-bond acceptors (Lipinski definition) is 22. The first kappa shape index (κ1) is 89.8. The fraction of sp³-hybridized carbons (Fsp3) is 0.333. The monoisotopic (exact) mass is 1660 g/mol. The molecule has 6 aliphatic rings. The normalized spacial score (nSPS) is 16.4. The summed E-state index contributed by atoms with van der Waals surface area (Å²) in [7, 11) is 14.2. The smallest absolute Gasteiger partial charge is 0.377 e. The molecule has 0 aliphatic carbocycles. The lowest BCUT2D eigenvalue weighted by Crippen LogP contribution is -2.34. The molecule has 6 fully saturated rings. The highest BCUT2D eigenvalue weighted by Crippen LogP contribution is 2.44. The van der Waals surface area contributed by atoms with Crippen LogP contribution in [0.15, 0.2) is 192 Å². The van der Waals surface area contributed by atoms with Gasteiger partial charge >= 0.3 is 11.9 Å². The lowest BCUT2D eigenvalue weighted by molar-refractivity contribution is -0.132. The first-order valence-electron chi connectivity index (χ1n) is 38.1. The molecule has 27 heteroatoms. The summed E-state index contributed by atoms with van der Waals surface area (Å²) >= 11 is 20.0. The van der Waals surface area contributed by atoms with Crippen LogP contribution in [0.25, 0.3) is 0 Å². The molecule has 24 nitrogen and oxygen atoms in total. The molecule has 6 aliphatic heterocycles. The number of aliphatic carboxylic acids is 2. The zero-order valence-corrected chi connectivity index (χ0v) is 69.5. The topological polar surface area (TPSA) is 289 Å². The number of fused-ring (bicyclic) bond motifs is 8. The molecule has 9 aromatic rings. The Hall–Kier alpha value is -11.1. The SMILES string of the molecule is C1CN2CCC(CC2)N1.CN.CN=C(C(=O)C1CCN2CCC1CC2)c1ccc(OCc2ccc(OC)cc2)c(OCc2ccc(OC)cc2)c1Cl.CN=C(C(=O)O)c1ccc(OCc2ccc(OC)cc2)c(OCc2ccc(OC)cc2)c1Cl.COc1ccc(COc2ccc(C(=O)C(=O)O)c(Cl)c2OCc2ccc(OC)cc2)cc1. The van der Waals surface area contributed by atoms with Gasteiger partial charge in [0.2, 0.25) is 0 Å². The first-order valence-corrected chi connectivity index (χ1v) is 39.2. The van der Waals surface area contributed by atoms with Crippen LogP contribution in [0.2, 0.25) is 15.1 Å². The van der Waals surface area contributed by atoms with Crippen LogP contribution in [0.4, 0.5) is 0 Å². The largest absolute Gasteiger partial charge is 0.497 e. The minimum Gasteiger partial charge on any atom is -0.497 e. The number of carboxylic acid groups (broad SMARTS) is 2. The lowest BCUT2D eigenvalue weighted by Gasteiger charge is -2.28. The third-order valence-electron chi connectivity index (χ3n) is 20.0. The summed E-state index contributed by atoms with van der Waals surface area (Å²) in [5.41, 5.74) is 10.8. The van der Waals surface area contributed by atoms with E-state index < -0.39 is 17.7 Å². The van der Waals surface area contributed by atoms with E-state index in [4.69, 9.17) is 96.8 Å². The number of ketones is 2. The molecule has 6 saturated heterocycles. The summed E-state index contributed by atoms with van der Waals surface area (Å²) in [6, 6.07) is 55.1. The van der Waals surface area contributed by atoms with Crippen molar-refractivity contribution < 1.29 is 86.2 Å². The number of aliphatic imine (C=N–C) groups is 2. The molecule has 6 heterocycles. The molecule has 15 rings (SSSR count). The zero-order valence-electron chi connectivity index (χ0n) is 67.2. The van der Waals surface area contributed by atoms with Gasteiger partial charge in [-0.2, -0.15) is 0 Å². The van der Waals surface area contributed by atoms with Crippen molar-refractivity contribution in [2.75, 3.05) is 110 Å². The predicted molar refractivity (Wildman–Crippen MR) is 453 cm³/mol. The van der Waals surface area contributed by atoms with Gasteiger partial charge in [0.25, 0.3) is 5.78 Å². The second-order valence-corrected chi connectivity index (χ2v) is 28.3. The number of nitrogens with zero attached hydrogens (tertiary/aromatic N) is 4. The van der Waals surface area contributed by atoms with E-state index in [1.165, 1.54) is 65.2 Å². The second kappa shape index (κ2) is 46.0. The highest BCUT2D eigenvalue weighted by Gasteiger charge is 2.38. The standard InChI is InChI=1S/C33H37ClN2O5.C25H24ClNO6.C24H21ClO7.C7H14N2.CH5N/c1-35-31(32(37)27-16-19-36-17-14-24(27)15-18-36)28-12-13-29(40-20-22-4-8-25(38-2)9-5-22)33(30(28)34)41-21-23-6-10-26(39-3)11-7-23;1-27-23(25(28)29)20-12-13-21(32-14-16-4-8-18(30-2)9-5-16)24(22(20)26)33-15-17-6-10-19(31-3)11-7-17;1-29-17-7-3-15(4-8-17)13-31-20-12-11-19(22(26)24(27)28)21(25)23(20)32-14-16-5-9-18(30-2)10-6-16;1-4-9-5-2-7(1)8-3-6-9;1-2/h4-13,24,27H,14-21H2,1-3H3;4-13H,14-15H2,1-3H3,(H,28,29);3-12H,13-14H2,1-2H3,(H,27,28);7-8H,1-6H2;2H2,1H3. The molecule has 9 aromatic carbocycles. The van der Waals surface area contributed by atoms with Crippen LogP contribution in [0.5, 0.6) is 69.0 Å². The maximum absolute atomic E-state index is 13.9. The number of hydrogen-bond donors (Lipinski definition) is 4. The Labute approximate surface area is 698 Å². The number of nitrogens with two attached hydrogens (primary N) is 1. The molecule has 0 amide bonds. The van der Waals surface area contributed by atoms with Gasteiger partial charge in [0.1, 0.15) is 79.9 Å². The van der Waals surface area contributed by atoms with E-state index in [0.717, 1.165) is 107 Å². The Bertz CT molecular complexity index is 4740. The first-order chi connectivity index (χ1) is 56.8. The second-order valence-electron chi connectivity index (χ2n) is 27.2. The Kier molecular flexibility index (Phi) is 35.3. The van der Waals surface area contributed by atoms with Crippen molar-refractivity contribution in [3.8, 4) is 69.0 Å². The lowest BCUT2D eigenvalue weighted by atomic mass is 9.80. The number of rotatable bonds is 31. The third kappa shape index (κ3) is 25.5. The van der Waals surface area contributed by atoms with Crippen molar-refractivity contribution in [1.82, 2.24) is 15.1 Å². The van der Waals surface area contributed by atoms with Gasteiger partial charge in [-0.25, -0.2) is 9.59 Å². The van der Waals surface area contributed by atoms with Crippen LogP contribution in [0, 0.1) is 11.8 Å². The number of nitrogens with one attached hydrogen (secondary N) is 1. The number of carboxylic acids is 2. The Morgan fingerprint density at radius 2 is 0.658 bits per heavy atom. The van der Waals surface area contributed by atoms with Gasteiger partial charge in [0, 0.05) is 50.3 Å². The predicted octanol–water partition coefficient (Wildman–Crippen LogP) is 15.7. The summed E-state index contributed by atoms with van der Waals surface area (Å²) < 4.78 is 67.4. The van der Waals surface area contributed by atoms with Crippen LogP contribution >= 0.6 is 34.8 Å². The third-order valence-corrected chi connectivity index (χ3v) is 21.2. The number of benzene rings is 9. The van der Waals surface area contributed by atoms with Gasteiger partial charge in [-0.3, -0.25) is 19.6 Å². The molecular weight excluding hydrogens is 1560 g/mol. The van der Waals surface area contributed by atoms with Crippen molar-refractivity contribution in [3.63, 3.8) is 0 Å². The number of piperidine rings is 2. The van der Waals surface area contributed by atoms with Crippen LogP contribution in [-0.4, -0.2) is 171 Å². The maximum atomic E-state index is 13.9. The number of Topliss-reactive ketones (excluding diaryl/α,β-unsaturated/α-hetero) is 2. The molecule has 620 valence electrons. The Morgan fingerprint density at radius 3 is 0.966 bits per heavy atom. The quantitative estimate of drug-likeness (QED) is 0.0178. The van der Waals surface area contributed by atoms with Crippen molar-refractivity contribution >= 4 is 69.7 Å². The van der Waals surface area contributed by atoms with E-state index in [0.29, 0.717) is 51.8 Å². The average Bonchev–Trinajstić information content (AvgIpc) is 1.62. The molecule has 0 radical (unpaired) electrons. The fourth-order valence-electron chi connectivity index (χ4n) is 13.4. The number of ether oxygens (including phenoxy) is 12. The van der Waals surface area contributed by atoms with Crippen LogP contribution in [0.3, 0.4) is 0 Å². The highest BCUT2D eigenvalue weighted by molar-refractivity contribution is 6.51. The number of halogens is 3. The summed E-state index contributed by atoms with van der Waals surface area (Å²) in [6.07, 6.45) is 5.70. The van der Waals surface area contributed by atoms with Crippen molar-refractivity contribution in [2.24, 2.45) is 27.6 Å². The molecule has 5 N–H and O–H groups in total. The average molecular weight is 1660 g/mol.